The number of para-hydroxylation sites is 1. The van der Waals surface area contributed by atoms with Gasteiger partial charge in [-0.05, 0) is 63.6 Å². The number of fused-ring (bicyclic) bond motifs is 1. The van der Waals surface area contributed by atoms with Crippen molar-refractivity contribution in [3.8, 4) is 0 Å². The maximum Gasteiger partial charge on any atom is 0.338 e. The van der Waals surface area contributed by atoms with E-state index in [0.29, 0.717) is 37.0 Å². The molecule has 0 N–H and O–H groups in total. The van der Waals surface area contributed by atoms with E-state index in [1.807, 2.05) is 18.2 Å². The molecule has 5 rings (SSSR count). The first-order chi connectivity index (χ1) is 18.2. The predicted octanol–water partition coefficient (Wildman–Crippen LogP) is 3.83. The number of carbonyl (C=O) groups excluding carboxylic acids is 2. The Morgan fingerprint density at radius 3 is 2.42 bits per heavy atom. The molecule has 10 heteroatoms. The van der Waals surface area contributed by atoms with Gasteiger partial charge in [0.2, 0.25) is 0 Å². The summed E-state index contributed by atoms with van der Waals surface area (Å²) in [6.45, 7) is 7.02. The third-order valence-electron chi connectivity index (χ3n) is 6.27. The molecule has 0 unspecified atom stereocenters. The van der Waals surface area contributed by atoms with Gasteiger partial charge in [-0.1, -0.05) is 53.3 Å². The van der Waals surface area contributed by atoms with Crippen LogP contribution in [0.15, 0.2) is 80.8 Å². The van der Waals surface area contributed by atoms with Crippen LogP contribution < -0.4 is 19.9 Å². The Bertz CT molecular complexity index is 1670. The van der Waals surface area contributed by atoms with Crippen molar-refractivity contribution in [3.05, 3.63) is 96.1 Å². The summed E-state index contributed by atoms with van der Waals surface area (Å²) < 4.78 is 7.35. The normalized spacial score (nSPS) is 19.5. The molecule has 3 heterocycles. The van der Waals surface area contributed by atoms with E-state index in [2.05, 4.69) is 10.1 Å². The van der Waals surface area contributed by atoms with Crippen molar-refractivity contribution in [2.75, 3.05) is 5.01 Å². The Morgan fingerprint density at radius 1 is 1.08 bits per heavy atom. The van der Waals surface area contributed by atoms with Crippen LogP contribution in [0.4, 0.5) is 5.69 Å². The van der Waals surface area contributed by atoms with Crippen LogP contribution in [0.3, 0.4) is 0 Å². The molecule has 0 fully saturated rings. The summed E-state index contributed by atoms with van der Waals surface area (Å²) in [6.07, 6.45) is 1.29. The van der Waals surface area contributed by atoms with E-state index < -0.39 is 17.9 Å². The number of thiazole rings is 1. The topological polar surface area (TPSA) is 93.3 Å². The van der Waals surface area contributed by atoms with Crippen LogP contribution in [0.2, 0.25) is 5.02 Å². The van der Waals surface area contributed by atoms with Gasteiger partial charge >= 0.3 is 5.97 Å². The Morgan fingerprint density at radius 2 is 1.76 bits per heavy atom. The molecule has 2 aliphatic heterocycles. The second-order valence-corrected chi connectivity index (χ2v) is 10.8. The number of anilines is 1. The van der Waals surface area contributed by atoms with Crippen LogP contribution in [-0.4, -0.2) is 28.3 Å². The first-order valence-corrected chi connectivity index (χ1v) is 13.3. The van der Waals surface area contributed by atoms with E-state index >= 15 is 0 Å². The van der Waals surface area contributed by atoms with Gasteiger partial charge in [0.1, 0.15) is 5.92 Å². The molecule has 0 saturated heterocycles. The first-order valence-electron chi connectivity index (χ1n) is 12.1. The lowest BCUT2D eigenvalue weighted by Crippen LogP contribution is -2.40. The second-order valence-electron chi connectivity index (χ2n) is 9.31. The molecule has 2 aromatic carbocycles. The van der Waals surface area contributed by atoms with E-state index in [0.717, 1.165) is 0 Å². The number of benzene rings is 2. The number of allylic oxidation sites excluding steroid dienone is 1. The highest BCUT2D eigenvalue weighted by Crippen LogP contribution is 2.32. The molecule has 1 aromatic heterocycles. The number of amides is 1. The molecule has 2 atom stereocenters. The zero-order valence-electron chi connectivity index (χ0n) is 21.2. The number of aromatic nitrogens is 1. The summed E-state index contributed by atoms with van der Waals surface area (Å²) in [7, 11) is 0. The molecule has 0 spiro atoms. The van der Waals surface area contributed by atoms with Crippen LogP contribution in [-0.2, 0) is 14.3 Å². The van der Waals surface area contributed by atoms with Gasteiger partial charge in [0.15, 0.2) is 4.80 Å². The Balaban J connectivity index is 1.63. The molecule has 0 aliphatic carbocycles. The van der Waals surface area contributed by atoms with Crippen LogP contribution in [0.25, 0.3) is 6.08 Å². The van der Waals surface area contributed by atoms with Gasteiger partial charge in [0.25, 0.3) is 11.5 Å². The van der Waals surface area contributed by atoms with Crippen molar-refractivity contribution in [2.24, 2.45) is 16.0 Å². The molecule has 38 heavy (non-hydrogen) atoms. The number of hydrogen-bond acceptors (Lipinski definition) is 7. The van der Waals surface area contributed by atoms with E-state index in [1.165, 1.54) is 20.9 Å². The number of carbonyl (C=O) groups is 2. The third-order valence-corrected chi connectivity index (χ3v) is 7.52. The lowest BCUT2D eigenvalue weighted by atomic mass is 9.96. The SMILES string of the molecule is CC1=NN(c2ccccc2)C(=O)[C@H]1/C=c1/sc2n(c1=O)[C@H](c1ccc(Cl)cc1)C(C(=O)OC(C)C)=C(C)N=2. The fourth-order valence-electron chi connectivity index (χ4n) is 4.51. The summed E-state index contributed by atoms with van der Waals surface area (Å²) >= 11 is 7.29. The van der Waals surface area contributed by atoms with Crippen molar-refractivity contribution in [1.29, 1.82) is 0 Å². The third kappa shape index (κ3) is 4.63. The zero-order valence-corrected chi connectivity index (χ0v) is 22.8. The molecule has 0 bridgehead atoms. The monoisotopic (exact) mass is 548 g/mol. The van der Waals surface area contributed by atoms with Crippen molar-refractivity contribution in [3.63, 3.8) is 0 Å². The van der Waals surface area contributed by atoms with Crippen molar-refractivity contribution in [2.45, 2.75) is 39.8 Å². The Hall–Kier alpha value is -3.82. The van der Waals surface area contributed by atoms with Crippen LogP contribution in [0.5, 0.6) is 0 Å². The fourth-order valence-corrected chi connectivity index (χ4v) is 5.69. The predicted molar refractivity (Wildman–Crippen MR) is 148 cm³/mol. The number of hydrogen-bond donors (Lipinski definition) is 0. The van der Waals surface area contributed by atoms with Gasteiger partial charge in [-0.2, -0.15) is 10.1 Å². The molecule has 2 aliphatic rings. The van der Waals surface area contributed by atoms with E-state index in [1.54, 1.807) is 70.2 Å². The highest BCUT2D eigenvalue weighted by Gasteiger charge is 2.36. The number of esters is 1. The van der Waals surface area contributed by atoms with Crippen LogP contribution >= 0.6 is 22.9 Å². The lowest BCUT2D eigenvalue weighted by molar-refractivity contribution is -0.143. The maximum atomic E-state index is 13.8. The van der Waals surface area contributed by atoms with Gasteiger partial charge in [0.05, 0.1) is 39.3 Å². The average molecular weight is 549 g/mol. The molecule has 0 radical (unpaired) electrons. The Kier molecular flexibility index (Phi) is 6.90. The quantitative estimate of drug-likeness (QED) is 0.453. The highest BCUT2D eigenvalue weighted by atomic mass is 35.5. The number of hydrazone groups is 1. The molecular formula is C28H25ClN4O4S. The van der Waals surface area contributed by atoms with Crippen molar-refractivity contribution in [1.82, 2.24) is 4.57 Å². The zero-order chi connectivity index (χ0) is 27.1. The largest absolute Gasteiger partial charge is 0.459 e. The van der Waals surface area contributed by atoms with Gasteiger partial charge in [-0.15, -0.1) is 0 Å². The summed E-state index contributed by atoms with van der Waals surface area (Å²) in [6, 6.07) is 15.4. The summed E-state index contributed by atoms with van der Waals surface area (Å²) in [5.74, 6) is -1.48. The number of ether oxygens (including phenoxy) is 1. The molecule has 1 amide bonds. The molecule has 8 nitrogen and oxygen atoms in total. The van der Waals surface area contributed by atoms with E-state index in [9.17, 15) is 14.4 Å². The standard InChI is InChI=1S/C28H25ClN4O4S/c1-15(2)37-27(36)23-17(4)30-28-32(24(23)18-10-12-19(29)13-11-18)26(35)22(38-28)14-21-16(3)31-33(25(21)34)20-8-6-5-7-9-20/h5-15,21,24H,1-4H3/b22-14+/t21-,24+/m0/s1. The summed E-state index contributed by atoms with van der Waals surface area (Å²) in [5.41, 5.74) is 2.32. The average Bonchev–Trinajstić information content (AvgIpc) is 3.34. The number of halogens is 1. The minimum Gasteiger partial charge on any atom is -0.459 e. The molecule has 0 saturated carbocycles. The lowest BCUT2D eigenvalue weighted by Gasteiger charge is -2.25. The number of nitrogens with zero attached hydrogens (tertiary/aromatic N) is 4. The van der Waals surface area contributed by atoms with Crippen LogP contribution in [0, 0.1) is 5.92 Å². The summed E-state index contributed by atoms with van der Waals surface area (Å²) in [5, 5.41) is 6.32. The van der Waals surface area contributed by atoms with Crippen molar-refractivity contribution < 1.29 is 14.3 Å². The minimum atomic E-state index is -0.758. The van der Waals surface area contributed by atoms with Gasteiger partial charge in [0, 0.05) is 5.02 Å². The summed E-state index contributed by atoms with van der Waals surface area (Å²) in [4.78, 5) is 45.3. The maximum absolute atomic E-state index is 13.8. The minimum absolute atomic E-state index is 0.244. The van der Waals surface area contributed by atoms with E-state index in [-0.39, 0.29) is 23.1 Å². The Labute approximate surface area is 227 Å². The fraction of sp³-hybridized carbons (Fsp3) is 0.250. The van der Waals surface area contributed by atoms with Gasteiger partial charge in [-0.25, -0.2) is 9.79 Å². The highest BCUT2D eigenvalue weighted by molar-refractivity contribution is 7.07. The van der Waals surface area contributed by atoms with E-state index in [4.69, 9.17) is 16.3 Å². The molecule has 3 aromatic rings. The smallest absolute Gasteiger partial charge is 0.338 e. The molecule has 194 valence electrons. The number of rotatable bonds is 5. The molecular weight excluding hydrogens is 524 g/mol. The van der Waals surface area contributed by atoms with Crippen molar-refractivity contribution >= 4 is 52.3 Å². The first kappa shape index (κ1) is 25.8. The second kappa shape index (κ2) is 10.2. The van der Waals surface area contributed by atoms with Gasteiger partial charge < -0.3 is 4.74 Å². The van der Waals surface area contributed by atoms with Gasteiger partial charge in [-0.3, -0.25) is 14.2 Å². The van der Waals surface area contributed by atoms with Crippen LogP contribution in [0.1, 0.15) is 39.3 Å².